The molecule has 0 radical (unpaired) electrons. The van der Waals surface area contributed by atoms with Crippen molar-refractivity contribution in [1.29, 1.82) is 0 Å². The number of halogens is 8. The lowest BCUT2D eigenvalue weighted by Crippen LogP contribution is -2.34. The van der Waals surface area contributed by atoms with Crippen molar-refractivity contribution in [2.75, 3.05) is 13.2 Å². The van der Waals surface area contributed by atoms with Gasteiger partial charge in [-0.05, 0) is 61.4 Å². The van der Waals surface area contributed by atoms with Gasteiger partial charge in [-0.15, -0.1) is 0 Å². The number of epoxide rings is 2. The van der Waals surface area contributed by atoms with Crippen LogP contribution in [0.1, 0.15) is 33.6 Å². The summed E-state index contributed by atoms with van der Waals surface area (Å²) in [5, 5.41) is 0. The predicted octanol–water partition coefficient (Wildman–Crippen LogP) is 10.7. The fraction of sp³-hybridized carbons (Fsp3) is 0.190. The van der Waals surface area contributed by atoms with Gasteiger partial charge in [0.25, 0.3) is 0 Å². The summed E-state index contributed by atoms with van der Waals surface area (Å²) in [6.45, 7) is 3.17. The molecule has 2 aliphatic heterocycles. The molecule has 0 bridgehead atoms. The first-order valence-electron chi connectivity index (χ1n) is 16.7. The van der Waals surface area contributed by atoms with E-state index in [9.17, 15) is 17.6 Å². The number of benzene rings is 4. The number of pyridine rings is 2. The second-order valence-corrected chi connectivity index (χ2v) is 13.2. The smallest absolute Gasteiger partial charge is 0.324 e. The summed E-state index contributed by atoms with van der Waals surface area (Å²) in [5.41, 5.74) is -0.882. The molecule has 0 spiro atoms. The zero-order valence-electron chi connectivity index (χ0n) is 28.7. The Bertz CT molecular complexity index is 2120. The van der Waals surface area contributed by atoms with Crippen LogP contribution in [0.2, 0.25) is 0 Å². The summed E-state index contributed by atoms with van der Waals surface area (Å²) in [5.74, 6) is -11.0. The van der Waals surface area contributed by atoms with Crippen molar-refractivity contribution in [3.05, 3.63) is 178 Å². The minimum Gasteiger partial charge on any atom is -0.357 e. The first-order chi connectivity index (χ1) is 25.7. The summed E-state index contributed by atoms with van der Waals surface area (Å²) in [6, 6.07) is 25.7. The van der Waals surface area contributed by atoms with Crippen molar-refractivity contribution >= 4 is 0 Å². The normalized spacial score (nSPS) is 19.1. The highest BCUT2D eigenvalue weighted by atomic mass is 19.3. The fourth-order valence-electron chi connectivity index (χ4n) is 6.20. The lowest BCUT2D eigenvalue weighted by molar-refractivity contribution is -0.0903. The van der Waals surface area contributed by atoms with E-state index < -0.39 is 57.7 Å². The van der Waals surface area contributed by atoms with E-state index in [4.69, 9.17) is 9.47 Å². The maximum atomic E-state index is 15.1. The van der Waals surface area contributed by atoms with Gasteiger partial charge in [0.1, 0.15) is 34.7 Å². The van der Waals surface area contributed by atoms with Crippen LogP contribution >= 0.6 is 0 Å². The van der Waals surface area contributed by atoms with Gasteiger partial charge in [-0.2, -0.15) is 17.6 Å². The largest absolute Gasteiger partial charge is 0.357 e. The van der Waals surface area contributed by atoms with E-state index in [1.54, 1.807) is 0 Å². The number of alkyl halides is 4. The van der Waals surface area contributed by atoms with Crippen molar-refractivity contribution < 1.29 is 44.6 Å². The molecule has 54 heavy (non-hydrogen) atoms. The Balaban J connectivity index is 0.000000167. The third-order valence-electron chi connectivity index (χ3n) is 9.55. The molecule has 0 amide bonds. The van der Waals surface area contributed by atoms with Crippen molar-refractivity contribution in [3.63, 3.8) is 0 Å². The van der Waals surface area contributed by atoms with Gasteiger partial charge in [0.05, 0.1) is 13.2 Å². The van der Waals surface area contributed by atoms with Gasteiger partial charge in [0.2, 0.25) is 0 Å². The molecule has 4 heterocycles. The molecule has 4 nitrogen and oxygen atoms in total. The highest BCUT2D eigenvalue weighted by Crippen LogP contribution is 2.57. The molecular formula is C42H30F8N2O2. The van der Waals surface area contributed by atoms with Crippen LogP contribution in [0.5, 0.6) is 0 Å². The molecule has 0 N–H and O–H groups in total. The maximum absolute atomic E-state index is 15.1. The number of hydrogen-bond acceptors (Lipinski definition) is 4. The lowest BCUT2D eigenvalue weighted by Gasteiger charge is -2.24. The SMILES string of the molecule is Cc1ccc(-c2ccc(C(F)(F)[C@@]3(c4ccc(F)cc4F)CO3)nc2)cc1.Cc1ccc(-c2ccc(C(F)(F)[C@]3(c4ccc(F)cc4F)CO3)nc2)cc1. The molecule has 0 unspecified atom stereocenters. The van der Waals surface area contributed by atoms with Crippen molar-refractivity contribution in [1.82, 2.24) is 9.97 Å². The number of hydrogen-bond donors (Lipinski definition) is 0. The van der Waals surface area contributed by atoms with Crippen LogP contribution in [-0.4, -0.2) is 23.2 Å². The summed E-state index contributed by atoms with van der Waals surface area (Å²) in [4.78, 5) is 7.80. The number of nitrogens with zero attached hydrogens (tertiary/aromatic N) is 2. The topological polar surface area (TPSA) is 50.8 Å². The third kappa shape index (κ3) is 6.64. The second kappa shape index (κ2) is 13.7. The Morgan fingerprint density at radius 2 is 0.815 bits per heavy atom. The van der Waals surface area contributed by atoms with Crippen LogP contribution in [0, 0.1) is 37.1 Å². The van der Waals surface area contributed by atoms with Crippen LogP contribution in [0.15, 0.2) is 122 Å². The van der Waals surface area contributed by atoms with E-state index >= 15 is 17.6 Å². The standard InChI is InChI=1S/2C21H15F4NO/c2*1-13-2-4-14(5-3-13)15-6-9-19(26-11-15)21(24,25)20(12-27-20)17-8-7-16(22)10-18(17)23/h2*2-11H,12H2,1H3/t2*20-/m10/s1. The van der Waals surface area contributed by atoms with E-state index in [0.717, 1.165) is 46.5 Å². The molecule has 2 saturated heterocycles. The van der Waals surface area contributed by atoms with Crippen LogP contribution in [0.3, 0.4) is 0 Å². The van der Waals surface area contributed by atoms with E-state index in [0.29, 0.717) is 23.3 Å². The average Bonchev–Trinajstić information content (AvgIpc) is 4.09. The van der Waals surface area contributed by atoms with Crippen LogP contribution < -0.4 is 0 Å². The second-order valence-electron chi connectivity index (χ2n) is 13.2. The molecule has 2 fully saturated rings. The quantitative estimate of drug-likeness (QED) is 0.115. The van der Waals surface area contributed by atoms with Crippen LogP contribution in [0.4, 0.5) is 35.1 Å². The van der Waals surface area contributed by atoms with Crippen LogP contribution in [-0.2, 0) is 32.5 Å². The number of rotatable bonds is 8. The van der Waals surface area contributed by atoms with E-state index in [-0.39, 0.29) is 24.3 Å². The molecular weight excluding hydrogens is 716 g/mol. The molecule has 4 aromatic carbocycles. The van der Waals surface area contributed by atoms with Gasteiger partial charge in [0.15, 0.2) is 11.2 Å². The molecule has 2 atom stereocenters. The molecule has 2 aromatic heterocycles. The highest BCUT2D eigenvalue weighted by Gasteiger charge is 2.69. The lowest BCUT2D eigenvalue weighted by atomic mass is 9.90. The highest BCUT2D eigenvalue weighted by molar-refractivity contribution is 5.64. The van der Waals surface area contributed by atoms with Gasteiger partial charge in [-0.1, -0.05) is 71.8 Å². The molecule has 6 aromatic rings. The van der Waals surface area contributed by atoms with Gasteiger partial charge in [0, 0.05) is 46.8 Å². The van der Waals surface area contributed by atoms with Crippen molar-refractivity contribution in [2.45, 2.75) is 36.9 Å². The fourth-order valence-corrected chi connectivity index (χ4v) is 6.20. The summed E-state index contributed by atoms with van der Waals surface area (Å²) in [7, 11) is 0. The molecule has 12 heteroatoms. The van der Waals surface area contributed by atoms with Crippen molar-refractivity contribution in [3.8, 4) is 22.3 Å². The predicted molar refractivity (Wildman–Crippen MR) is 185 cm³/mol. The number of aryl methyl sites for hydroxylation is 2. The Hall–Kier alpha value is -5.46. The van der Waals surface area contributed by atoms with E-state index in [2.05, 4.69) is 9.97 Å². The van der Waals surface area contributed by atoms with E-state index in [1.807, 2.05) is 62.4 Å². The first kappa shape index (κ1) is 36.9. The van der Waals surface area contributed by atoms with E-state index in [1.165, 1.54) is 36.7 Å². The molecule has 2 aliphatic rings. The Kier molecular flexibility index (Phi) is 9.39. The zero-order chi connectivity index (χ0) is 38.5. The van der Waals surface area contributed by atoms with Gasteiger partial charge in [-0.3, -0.25) is 9.97 Å². The van der Waals surface area contributed by atoms with Gasteiger partial charge >= 0.3 is 11.8 Å². The Labute approximate surface area is 305 Å². The first-order valence-corrected chi connectivity index (χ1v) is 16.7. The molecule has 8 rings (SSSR count). The third-order valence-corrected chi connectivity index (χ3v) is 9.55. The summed E-state index contributed by atoms with van der Waals surface area (Å²) >= 11 is 0. The maximum Gasteiger partial charge on any atom is 0.324 e. The molecule has 276 valence electrons. The zero-order valence-corrected chi connectivity index (χ0v) is 28.7. The molecule has 0 aliphatic carbocycles. The minimum atomic E-state index is -3.57. The average molecular weight is 747 g/mol. The minimum absolute atomic E-state index is 0.371. The number of ether oxygens (including phenoxy) is 2. The van der Waals surface area contributed by atoms with Crippen molar-refractivity contribution in [2.24, 2.45) is 0 Å². The van der Waals surface area contributed by atoms with Crippen LogP contribution in [0.25, 0.3) is 22.3 Å². The molecule has 0 saturated carbocycles. The number of aromatic nitrogens is 2. The summed E-state index contributed by atoms with van der Waals surface area (Å²) < 4.78 is 125. The summed E-state index contributed by atoms with van der Waals surface area (Å²) in [6.07, 6.45) is 2.70. The monoisotopic (exact) mass is 746 g/mol. The van der Waals surface area contributed by atoms with Gasteiger partial charge in [-0.25, -0.2) is 17.6 Å². The Morgan fingerprint density at radius 1 is 0.481 bits per heavy atom. The van der Waals surface area contributed by atoms with Gasteiger partial charge < -0.3 is 9.47 Å². The Morgan fingerprint density at radius 3 is 1.09 bits per heavy atom.